The highest BCUT2D eigenvalue weighted by Gasteiger charge is 2.07. The molecular weight excluding hydrogens is 216 g/mol. The molecule has 0 aliphatic rings. The maximum Gasteiger partial charge on any atom is 0.121 e. The fraction of sp³-hybridized carbons (Fsp3) is 0.333. The van der Waals surface area contributed by atoms with E-state index in [2.05, 4.69) is 15.6 Å². The second-order valence-electron chi connectivity index (χ2n) is 3.82. The minimum atomic E-state index is 0.734. The molecule has 0 amide bonds. The Balaban J connectivity index is 2.39. The maximum atomic E-state index is 5.24. The van der Waals surface area contributed by atoms with Crippen LogP contribution in [0.15, 0.2) is 24.4 Å². The van der Waals surface area contributed by atoms with E-state index < -0.39 is 0 Å². The van der Waals surface area contributed by atoms with Crippen molar-refractivity contribution in [3.8, 4) is 11.4 Å². The third-order valence-corrected chi connectivity index (χ3v) is 2.60. The first-order chi connectivity index (χ1) is 8.26. The van der Waals surface area contributed by atoms with Gasteiger partial charge in [-0.25, -0.2) is 4.68 Å². The van der Waals surface area contributed by atoms with Gasteiger partial charge in [-0.1, -0.05) is 5.21 Å². The van der Waals surface area contributed by atoms with E-state index in [1.807, 2.05) is 36.9 Å². The first-order valence-electron chi connectivity index (χ1n) is 5.45. The second-order valence-corrected chi connectivity index (χ2v) is 3.82. The van der Waals surface area contributed by atoms with E-state index in [1.54, 1.807) is 13.3 Å². The van der Waals surface area contributed by atoms with Crippen molar-refractivity contribution in [2.45, 2.75) is 13.5 Å². The average molecular weight is 232 g/mol. The van der Waals surface area contributed by atoms with E-state index in [-0.39, 0.29) is 0 Å². The molecule has 0 atom stereocenters. The van der Waals surface area contributed by atoms with Crippen LogP contribution in [0.1, 0.15) is 11.3 Å². The summed E-state index contributed by atoms with van der Waals surface area (Å²) in [7, 11) is 3.57. The van der Waals surface area contributed by atoms with Gasteiger partial charge < -0.3 is 10.1 Å². The van der Waals surface area contributed by atoms with E-state index in [1.165, 1.54) is 0 Å². The minimum absolute atomic E-state index is 0.734. The number of nitrogens with zero attached hydrogens (tertiary/aromatic N) is 3. The van der Waals surface area contributed by atoms with Gasteiger partial charge in [-0.05, 0) is 37.7 Å². The van der Waals surface area contributed by atoms with Gasteiger partial charge in [-0.15, -0.1) is 5.10 Å². The Hall–Kier alpha value is -1.88. The molecule has 1 N–H and O–H groups in total. The van der Waals surface area contributed by atoms with Crippen LogP contribution >= 0.6 is 0 Å². The van der Waals surface area contributed by atoms with E-state index in [0.717, 1.165) is 29.2 Å². The van der Waals surface area contributed by atoms with E-state index in [9.17, 15) is 0 Å². The Morgan fingerprint density at radius 2 is 2.24 bits per heavy atom. The molecular formula is C12H16N4O. The number of aryl methyl sites for hydroxylation is 1. The quantitative estimate of drug-likeness (QED) is 0.863. The van der Waals surface area contributed by atoms with Crippen LogP contribution in [0.4, 0.5) is 0 Å². The summed E-state index contributed by atoms with van der Waals surface area (Å²) in [6, 6.07) is 5.95. The number of ether oxygens (including phenoxy) is 1. The molecule has 1 heterocycles. The van der Waals surface area contributed by atoms with Crippen LogP contribution in [-0.2, 0) is 6.54 Å². The molecule has 0 aliphatic carbocycles. The summed E-state index contributed by atoms with van der Waals surface area (Å²) >= 11 is 0. The van der Waals surface area contributed by atoms with Gasteiger partial charge in [0.15, 0.2) is 0 Å². The first-order valence-corrected chi connectivity index (χ1v) is 5.45. The molecule has 1 aromatic heterocycles. The van der Waals surface area contributed by atoms with Gasteiger partial charge in [0, 0.05) is 6.54 Å². The molecule has 0 unspecified atom stereocenters. The summed E-state index contributed by atoms with van der Waals surface area (Å²) < 4.78 is 7.06. The van der Waals surface area contributed by atoms with E-state index in [0.29, 0.717) is 0 Å². The molecule has 0 aliphatic heterocycles. The molecule has 5 nitrogen and oxygen atoms in total. The summed E-state index contributed by atoms with van der Waals surface area (Å²) in [6.07, 6.45) is 1.76. The zero-order chi connectivity index (χ0) is 12.3. The van der Waals surface area contributed by atoms with Crippen molar-refractivity contribution in [1.82, 2.24) is 20.3 Å². The third kappa shape index (κ3) is 2.29. The fourth-order valence-corrected chi connectivity index (χ4v) is 1.77. The predicted molar refractivity (Wildman–Crippen MR) is 65.4 cm³/mol. The molecule has 2 aromatic rings. The van der Waals surface area contributed by atoms with Crippen molar-refractivity contribution in [1.29, 1.82) is 0 Å². The van der Waals surface area contributed by atoms with Gasteiger partial charge in [0.25, 0.3) is 0 Å². The van der Waals surface area contributed by atoms with Gasteiger partial charge in [-0.2, -0.15) is 0 Å². The molecule has 1 aromatic carbocycles. The highest BCUT2D eigenvalue weighted by atomic mass is 16.5. The maximum absolute atomic E-state index is 5.24. The molecule has 90 valence electrons. The third-order valence-electron chi connectivity index (χ3n) is 2.60. The van der Waals surface area contributed by atoms with Crippen LogP contribution in [0, 0.1) is 6.92 Å². The molecule has 5 heteroatoms. The standard InChI is InChI=1S/C12H16N4O/c1-9-6-10(4-5-12(9)17-3)16-11(7-13-2)8-14-15-16/h4-6,8,13H,7H2,1-3H3. The minimum Gasteiger partial charge on any atom is -0.496 e. The predicted octanol–water partition coefficient (Wildman–Crippen LogP) is 1.30. The molecule has 0 radical (unpaired) electrons. The normalized spacial score (nSPS) is 10.5. The first kappa shape index (κ1) is 11.6. The van der Waals surface area contributed by atoms with Crippen molar-refractivity contribution in [2.75, 3.05) is 14.2 Å². The number of aromatic nitrogens is 3. The fourth-order valence-electron chi connectivity index (χ4n) is 1.77. The lowest BCUT2D eigenvalue weighted by molar-refractivity contribution is 0.411. The Kier molecular flexibility index (Phi) is 3.39. The van der Waals surface area contributed by atoms with Crippen LogP contribution in [-0.4, -0.2) is 29.2 Å². The van der Waals surface area contributed by atoms with E-state index in [4.69, 9.17) is 4.74 Å². The van der Waals surface area contributed by atoms with Crippen LogP contribution in [0.3, 0.4) is 0 Å². The van der Waals surface area contributed by atoms with Crippen LogP contribution < -0.4 is 10.1 Å². The lowest BCUT2D eigenvalue weighted by atomic mass is 10.2. The van der Waals surface area contributed by atoms with Gasteiger partial charge in [0.2, 0.25) is 0 Å². The molecule has 0 bridgehead atoms. The smallest absolute Gasteiger partial charge is 0.121 e. The summed E-state index contributed by atoms with van der Waals surface area (Å²) in [5.74, 6) is 0.879. The molecule has 0 saturated heterocycles. The van der Waals surface area contributed by atoms with Crippen LogP contribution in [0.2, 0.25) is 0 Å². The molecule has 0 fully saturated rings. The van der Waals surface area contributed by atoms with Gasteiger partial charge >= 0.3 is 0 Å². The van der Waals surface area contributed by atoms with Crippen LogP contribution in [0.5, 0.6) is 5.75 Å². The van der Waals surface area contributed by atoms with E-state index >= 15 is 0 Å². The van der Waals surface area contributed by atoms with Gasteiger partial charge in [0.1, 0.15) is 5.75 Å². The molecule has 17 heavy (non-hydrogen) atoms. The Morgan fingerprint density at radius 1 is 1.41 bits per heavy atom. The number of methoxy groups -OCH3 is 1. The summed E-state index contributed by atoms with van der Waals surface area (Å²) in [5, 5.41) is 11.1. The molecule has 0 spiro atoms. The highest BCUT2D eigenvalue weighted by Crippen LogP contribution is 2.21. The molecule has 2 rings (SSSR count). The zero-order valence-corrected chi connectivity index (χ0v) is 10.3. The largest absolute Gasteiger partial charge is 0.496 e. The molecule has 0 saturated carbocycles. The topological polar surface area (TPSA) is 52.0 Å². The monoisotopic (exact) mass is 232 g/mol. The second kappa shape index (κ2) is 4.97. The number of rotatable bonds is 4. The Labute approximate surface area is 100 Å². The zero-order valence-electron chi connectivity index (χ0n) is 10.3. The lowest BCUT2D eigenvalue weighted by Crippen LogP contribution is -2.11. The number of benzene rings is 1. The van der Waals surface area contributed by atoms with Crippen LogP contribution in [0.25, 0.3) is 5.69 Å². The SMILES string of the molecule is CNCc1cnnn1-c1ccc(OC)c(C)c1. The summed E-state index contributed by atoms with van der Waals surface area (Å²) in [4.78, 5) is 0. The van der Waals surface area contributed by atoms with Crippen molar-refractivity contribution in [3.05, 3.63) is 35.7 Å². The van der Waals surface area contributed by atoms with Crippen molar-refractivity contribution in [2.24, 2.45) is 0 Å². The number of hydrogen-bond acceptors (Lipinski definition) is 4. The number of nitrogens with one attached hydrogen (secondary N) is 1. The summed E-state index contributed by atoms with van der Waals surface area (Å²) in [6.45, 7) is 2.75. The van der Waals surface area contributed by atoms with Gasteiger partial charge in [-0.3, -0.25) is 0 Å². The number of hydrogen-bond donors (Lipinski definition) is 1. The van der Waals surface area contributed by atoms with Crippen molar-refractivity contribution < 1.29 is 4.74 Å². The average Bonchev–Trinajstić information content (AvgIpc) is 2.78. The van der Waals surface area contributed by atoms with Gasteiger partial charge in [0.05, 0.1) is 24.7 Å². The van der Waals surface area contributed by atoms with Crippen molar-refractivity contribution >= 4 is 0 Å². The Bertz CT molecular complexity index is 507. The Morgan fingerprint density at radius 3 is 2.88 bits per heavy atom. The lowest BCUT2D eigenvalue weighted by Gasteiger charge is -2.09. The van der Waals surface area contributed by atoms with Crippen molar-refractivity contribution in [3.63, 3.8) is 0 Å². The summed E-state index contributed by atoms with van der Waals surface area (Å²) in [5.41, 5.74) is 3.10. The highest BCUT2D eigenvalue weighted by molar-refractivity contribution is 5.43.